The van der Waals surface area contributed by atoms with Crippen LogP contribution in [0.15, 0.2) is 11.6 Å². The van der Waals surface area contributed by atoms with E-state index in [2.05, 4.69) is 20.8 Å². The molecule has 0 aromatic heterocycles. The quantitative estimate of drug-likeness (QED) is 0.712. The lowest BCUT2D eigenvalue weighted by Gasteiger charge is -2.57. The zero-order valence-corrected chi connectivity index (χ0v) is 16.7. The lowest BCUT2D eigenvalue weighted by molar-refractivity contribution is -0.166. The van der Waals surface area contributed by atoms with Crippen molar-refractivity contribution in [3.05, 3.63) is 11.6 Å². The van der Waals surface area contributed by atoms with Crippen LogP contribution in [-0.4, -0.2) is 41.7 Å². The summed E-state index contributed by atoms with van der Waals surface area (Å²) in [5, 5.41) is 20.1. The van der Waals surface area contributed by atoms with Crippen molar-refractivity contribution in [1.29, 1.82) is 0 Å². The van der Waals surface area contributed by atoms with Gasteiger partial charge in [0.25, 0.3) is 0 Å². The molecule has 2 fully saturated rings. The molecule has 1 heterocycles. The van der Waals surface area contributed by atoms with E-state index < -0.39 is 30.3 Å². The molecule has 6 heteroatoms. The van der Waals surface area contributed by atoms with E-state index in [0.29, 0.717) is 17.9 Å². The molecule has 27 heavy (non-hydrogen) atoms. The van der Waals surface area contributed by atoms with Crippen LogP contribution in [0.2, 0.25) is 0 Å². The number of aliphatic hydroxyl groups is 1. The molecule has 6 nitrogen and oxygen atoms in total. The van der Waals surface area contributed by atoms with Gasteiger partial charge < -0.3 is 19.7 Å². The molecule has 0 bridgehead atoms. The summed E-state index contributed by atoms with van der Waals surface area (Å²) in [6.07, 6.45) is 4.94. The van der Waals surface area contributed by atoms with Gasteiger partial charge in [-0.05, 0) is 55.8 Å². The number of allylic oxidation sites excluding steroid dienone is 1. The number of aliphatic hydroxyl groups excluding tert-OH is 1. The molecule has 7 atom stereocenters. The van der Waals surface area contributed by atoms with Crippen molar-refractivity contribution >= 4 is 11.9 Å². The molecule has 3 rings (SSSR count). The van der Waals surface area contributed by atoms with E-state index in [1.165, 1.54) is 7.11 Å². The first-order valence-corrected chi connectivity index (χ1v) is 10.0. The monoisotopic (exact) mass is 380 g/mol. The normalized spacial score (nSPS) is 44.4. The first kappa shape index (κ1) is 20.3. The highest BCUT2D eigenvalue weighted by Crippen LogP contribution is 2.62. The molecule has 152 valence electrons. The van der Waals surface area contributed by atoms with Crippen LogP contribution in [0.4, 0.5) is 0 Å². The molecule has 0 aromatic rings. The fraction of sp³-hybridized carbons (Fsp3) is 0.810. The topological polar surface area (TPSA) is 93.1 Å². The van der Waals surface area contributed by atoms with E-state index in [-0.39, 0.29) is 16.7 Å². The van der Waals surface area contributed by atoms with Crippen LogP contribution >= 0.6 is 0 Å². The largest absolute Gasteiger partial charge is 0.478 e. The predicted octanol–water partition coefficient (Wildman–Crippen LogP) is 3.14. The third-order valence-corrected chi connectivity index (χ3v) is 7.89. The minimum atomic E-state index is -0.947. The Morgan fingerprint density at radius 2 is 2.07 bits per heavy atom. The minimum absolute atomic E-state index is 0.0902. The number of cyclic esters (lactones) is 1. The zero-order chi connectivity index (χ0) is 20.0. The molecule has 1 saturated carbocycles. The number of esters is 1. The van der Waals surface area contributed by atoms with E-state index in [1.807, 2.05) is 6.08 Å². The van der Waals surface area contributed by atoms with Gasteiger partial charge in [-0.25, -0.2) is 4.79 Å². The highest BCUT2D eigenvalue weighted by Gasteiger charge is 2.56. The van der Waals surface area contributed by atoms with Gasteiger partial charge in [-0.15, -0.1) is 0 Å². The molecule has 0 amide bonds. The first-order chi connectivity index (χ1) is 12.6. The summed E-state index contributed by atoms with van der Waals surface area (Å²) in [5.41, 5.74) is 0.124. The molecular weight excluding hydrogens is 348 g/mol. The zero-order valence-electron chi connectivity index (χ0n) is 16.7. The maximum absolute atomic E-state index is 12.2. The van der Waals surface area contributed by atoms with Gasteiger partial charge in [0.1, 0.15) is 6.10 Å². The van der Waals surface area contributed by atoms with Crippen molar-refractivity contribution in [1.82, 2.24) is 0 Å². The van der Waals surface area contributed by atoms with Crippen LogP contribution in [0.1, 0.15) is 59.3 Å². The van der Waals surface area contributed by atoms with Crippen molar-refractivity contribution < 1.29 is 29.3 Å². The maximum atomic E-state index is 12.2. The number of aliphatic carboxylic acids is 1. The summed E-state index contributed by atoms with van der Waals surface area (Å²) >= 11 is 0. The SMILES string of the molecule is CO[C@@H]1OC(=O)[C@H](CC[C@]2(C)[C@H]3CCC=C(C(=O)O)[C@]3(C)CC[C@@H]2C)[C@@H]1O. The second kappa shape index (κ2) is 7.21. The molecule has 0 aromatic carbocycles. The maximum Gasteiger partial charge on any atom is 0.331 e. The molecule has 1 aliphatic heterocycles. The summed E-state index contributed by atoms with van der Waals surface area (Å²) < 4.78 is 10.2. The Labute approximate surface area is 160 Å². The van der Waals surface area contributed by atoms with Crippen LogP contribution in [0.3, 0.4) is 0 Å². The summed E-state index contributed by atoms with van der Waals surface area (Å²) in [6, 6.07) is 0. The van der Waals surface area contributed by atoms with E-state index in [4.69, 9.17) is 9.47 Å². The number of carbonyl (C=O) groups is 2. The van der Waals surface area contributed by atoms with Gasteiger partial charge in [-0.2, -0.15) is 0 Å². The van der Waals surface area contributed by atoms with Crippen LogP contribution < -0.4 is 0 Å². The van der Waals surface area contributed by atoms with E-state index in [9.17, 15) is 19.8 Å². The Bertz CT molecular complexity index is 643. The molecular formula is C21H32O6. The number of carbonyl (C=O) groups excluding carboxylic acids is 1. The first-order valence-electron chi connectivity index (χ1n) is 10.0. The van der Waals surface area contributed by atoms with Crippen molar-refractivity contribution in [2.75, 3.05) is 7.11 Å². The standard InChI is InChI=1S/C21H32O6/c1-12-8-10-21(3)14(17(23)24)6-5-7-15(21)20(12,2)11-9-13-16(22)19(26-4)27-18(13)25/h6,12-13,15-16,19,22H,5,7-11H2,1-4H3,(H,23,24)/t12-,13+,15+,16-,19+,20-,21-/m0/s1. The van der Waals surface area contributed by atoms with Gasteiger partial charge in [-0.3, -0.25) is 4.79 Å². The van der Waals surface area contributed by atoms with Crippen LogP contribution in [0.5, 0.6) is 0 Å². The van der Waals surface area contributed by atoms with E-state index in [0.717, 1.165) is 32.1 Å². The fourth-order valence-electron chi connectivity index (χ4n) is 5.99. The number of hydrogen-bond acceptors (Lipinski definition) is 5. The highest BCUT2D eigenvalue weighted by molar-refractivity contribution is 5.88. The van der Waals surface area contributed by atoms with Gasteiger partial charge >= 0.3 is 11.9 Å². The third kappa shape index (κ3) is 3.21. The molecule has 2 aliphatic carbocycles. The second-order valence-corrected chi connectivity index (χ2v) is 9.09. The Morgan fingerprint density at radius 3 is 2.67 bits per heavy atom. The lowest BCUT2D eigenvalue weighted by Crippen LogP contribution is -2.51. The minimum Gasteiger partial charge on any atom is -0.478 e. The Hall–Kier alpha value is -1.40. The summed E-state index contributed by atoms with van der Waals surface area (Å²) in [4.78, 5) is 24.0. The molecule has 1 saturated heterocycles. The molecule has 0 unspecified atom stereocenters. The van der Waals surface area contributed by atoms with Crippen molar-refractivity contribution in [3.8, 4) is 0 Å². The lowest BCUT2D eigenvalue weighted by atomic mass is 9.46. The number of rotatable bonds is 5. The second-order valence-electron chi connectivity index (χ2n) is 9.09. The van der Waals surface area contributed by atoms with Gasteiger partial charge in [-0.1, -0.05) is 26.8 Å². The third-order valence-electron chi connectivity index (χ3n) is 7.89. The summed E-state index contributed by atoms with van der Waals surface area (Å²) in [6.45, 7) is 6.57. The summed E-state index contributed by atoms with van der Waals surface area (Å²) in [5.74, 6) is -1.12. The molecule has 0 radical (unpaired) electrons. The highest BCUT2D eigenvalue weighted by atomic mass is 16.7. The van der Waals surface area contributed by atoms with Crippen LogP contribution in [0.25, 0.3) is 0 Å². The number of ether oxygens (including phenoxy) is 2. The number of fused-ring (bicyclic) bond motifs is 1. The number of carboxylic acids is 1. The number of carboxylic acid groups (broad SMARTS) is 1. The average molecular weight is 380 g/mol. The smallest absolute Gasteiger partial charge is 0.331 e. The molecule has 3 aliphatic rings. The van der Waals surface area contributed by atoms with Crippen molar-refractivity contribution in [2.24, 2.45) is 28.6 Å². The Kier molecular flexibility index (Phi) is 5.43. The average Bonchev–Trinajstić information content (AvgIpc) is 2.90. The molecule has 0 spiro atoms. The van der Waals surface area contributed by atoms with Gasteiger partial charge in [0, 0.05) is 18.1 Å². The van der Waals surface area contributed by atoms with Crippen LogP contribution in [-0.2, 0) is 19.1 Å². The molecule has 2 N–H and O–H groups in total. The Balaban J connectivity index is 1.82. The van der Waals surface area contributed by atoms with Gasteiger partial charge in [0.2, 0.25) is 6.29 Å². The Morgan fingerprint density at radius 1 is 1.37 bits per heavy atom. The summed E-state index contributed by atoms with van der Waals surface area (Å²) in [7, 11) is 1.42. The van der Waals surface area contributed by atoms with Gasteiger partial charge in [0.05, 0.1) is 5.92 Å². The van der Waals surface area contributed by atoms with Crippen molar-refractivity contribution in [3.63, 3.8) is 0 Å². The van der Waals surface area contributed by atoms with Crippen molar-refractivity contribution in [2.45, 2.75) is 71.7 Å². The van der Waals surface area contributed by atoms with E-state index in [1.54, 1.807) is 0 Å². The number of methoxy groups -OCH3 is 1. The predicted molar refractivity (Wildman–Crippen MR) is 98.7 cm³/mol. The van der Waals surface area contributed by atoms with Crippen LogP contribution in [0, 0.1) is 28.6 Å². The fourth-order valence-corrected chi connectivity index (χ4v) is 5.99. The van der Waals surface area contributed by atoms with Gasteiger partial charge in [0.15, 0.2) is 0 Å². The van der Waals surface area contributed by atoms with E-state index >= 15 is 0 Å². The number of hydrogen-bond donors (Lipinski definition) is 2.